The van der Waals surface area contributed by atoms with Crippen molar-refractivity contribution in [2.45, 2.75) is 32.3 Å². The standard InChI is InChI=1S/C21H17N3O3S/c1-12(19-23-24-20(27-19)17-10-5-11-28-17)26-21(25)18-13-6-2-3-8-15(13)22-16-9-4-7-14(16)18/h2-3,5-6,8,10-12H,4,7,9H2,1H3. The Hall–Kier alpha value is -3.06. The van der Waals surface area contributed by atoms with Gasteiger partial charge in [0.15, 0.2) is 6.10 Å². The summed E-state index contributed by atoms with van der Waals surface area (Å²) in [4.78, 5) is 18.7. The first kappa shape index (κ1) is 17.1. The zero-order valence-corrected chi connectivity index (χ0v) is 16.0. The average Bonchev–Trinajstić information content (AvgIpc) is 3.46. The van der Waals surface area contributed by atoms with Crippen LogP contribution in [0, 0.1) is 0 Å². The lowest BCUT2D eigenvalue weighted by atomic mass is 10.0. The van der Waals surface area contributed by atoms with Crippen molar-refractivity contribution in [1.29, 1.82) is 0 Å². The number of esters is 1. The second-order valence-corrected chi connectivity index (χ2v) is 7.70. The van der Waals surface area contributed by atoms with Gasteiger partial charge in [0, 0.05) is 11.1 Å². The largest absolute Gasteiger partial charge is 0.449 e. The third kappa shape index (κ3) is 2.88. The molecule has 7 heteroatoms. The van der Waals surface area contributed by atoms with Crippen molar-refractivity contribution in [1.82, 2.24) is 15.2 Å². The number of thiophene rings is 1. The molecule has 1 aliphatic rings. The highest BCUT2D eigenvalue weighted by atomic mass is 32.1. The monoisotopic (exact) mass is 391 g/mol. The first-order chi connectivity index (χ1) is 13.7. The summed E-state index contributed by atoms with van der Waals surface area (Å²) in [6, 6.07) is 11.5. The molecule has 5 rings (SSSR count). The van der Waals surface area contributed by atoms with Crippen LogP contribution in [0.1, 0.15) is 47.0 Å². The molecule has 0 spiro atoms. The lowest BCUT2D eigenvalue weighted by Gasteiger charge is -2.14. The number of nitrogens with zero attached hydrogens (tertiary/aromatic N) is 3. The van der Waals surface area contributed by atoms with Gasteiger partial charge in [-0.25, -0.2) is 4.79 Å². The molecular weight excluding hydrogens is 374 g/mol. The van der Waals surface area contributed by atoms with Gasteiger partial charge in [0.1, 0.15) is 0 Å². The maximum absolute atomic E-state index is 13.1. The Balaban J connectivity index is 1.46. The molecule has 0 saturated carbocycles. The highest BCUT2D eigenvalue weighted by Crippen LogP contribution is 2.32. The smallest absolute Gasteiger partial charge is 0.339 e. The van der Waals surface area contributed by atoms with Gasteiger partial charge < -0.3 is 9.15 Å². The molecule has 1 aromatic carbocycles. The Kier molecular flexibility index (Phi) is 4.16. The van der Waals surface area contributed by atoms with Crippen LogP contribution in [0.25, 0.3) is 21.7 Å². The van der Waals surface area contributed by atoms with E-state index in [2.05, 4.69) is 10.2 Å². The number of fused-ring (bicyclic) bond motifs is 2. The number of carbonyl (C=O) groups is 1. The number of ether oxygens (including phenoxy) is 1. The number of rotatable bonds is 4. The molecule has 4 aromatic rings. The van der Waals surface area contributed by atoms with E-state index in [-0.39, 0.29) is 11.9 Å². The predicted octanol–water partition coefficient (Wildman–Crippen LogP) is 4.75. The average molecular weight is 391 g/mol. The minimum absolute atomic E-state index is 0.284. The van der Waals surface area contributed by atoms with E-state index in [4.69, 9.17) is 14.1 Å². The van der Waals surface area contributed by atoms with Crippen LogP contribution in [0.5, 0.6) is 0 Å². The molecule has 3 heterocycles. The molecule has 0 fully saturated rings. The number of pyridine rings is 1. The number of benzene rings is 1. The Morgan fingerprint density at radius 2 is 2.07 bits per heavy atom. The van der Waals surface area contributed by atoms with Gasteiger partial charge >= 0.3 is 5.97 Å². The molecule has 3 aromatic heterocycles. The lowest BCUT2D eigenvalue weighted by molar-refractivity contribution is 0.0281. The molecule has 0 N–H and O–H groups in total. The number of hydrogen-bond acceptors (Lipinski definition) is 7. The quantitative estimate of drug-likeness (QED) is 0.467. The molecule has 28 heavy (non-hydrogen) atoms. The summed E-state index contributed by atoms with van der Waals surface area (Å²) in [6.45, 7) is 1.74. The highest BCUT2D eigenvalue weighted by Gasteiger charge is 2.27. The van der Waals surface area contributed by atoms with E-state index in [0.717, 1.165) is 46.3 Å². The Morgan fingerprint density at radius 3 is 2.93 bits per heavy atom. The molecule has 0 aliphatic heterocycles. The lowest BCUT2D eigenvalue weighted by Crippen LogP contribution is -2.13. The van der Waals surface area contributed by atoms with Gasteiger partial charge in [-0.1, -0.05) is 24.3 Å². The van der Waals surface area contributed by atoms with Gasteiger partial charge in [0.25, 0.3) is 11.8 Å². The second-order valence-electron chi connectivity index (χ2n) is 6.75. The summed E-state index contributed by atoms with van der Waals surface area (Å²) in [7, 11) is 0. The molecule has 140 valence electrons. The Morgan fingerprint density at radius 1 is 1.18 bits per heavy atom. The maximum Gasteiger partial charge on any atom is 0.339 e. The zero-order chi connectivity index (χ0) is 19.1. The summed E-state index contributed by atoms with van der Waals surface area (Å²) in [5.74, 6) is 0.343. The zero-order valence-electron chi connectivity index (χ0n) is 15.2. The summed E-state index contributed by atoms with van der Waals surface area (Å²) >= 11 is 1.52. The maximum atomic E-state index is 13.1. The third-order valence-corrected chi connectivity index (χ3v) is 5.79. The van der Waals surface area contributed by atoms with E-state index in [1.54, 1.807) is 6.92 Å². The van der Waals surface area contributed by atoms with Crippen LogP contribution >= 0.6 is 11.3 Å². The first-order valence-electron chi connectivity index (χ1n) is 9.19. The van der Waals surface area contributed by atoms with Crippen LogP contribution in [-0.4, -0.2) is 21.2 Å². The van der Waals surface area contributed by atoms with Crippen molar-refractivity contribution >= 4 is 28.2 Å². The van der Waals surface area contributed by atoms with Gasteiger partial charge in [-0.05, 0) is 49.3 Å². The second kappa shape index (κ2) is 6.83. The van der Waals surface area contributed by atoms with Crippen molar-refractivity contribution in [3.63, 3.8) is 0 Å². The minimum Gasteiger partial charge on any atom is -0.449 e. The number of aryl methyl sites for hydroxylation is 1. The summed E-state index contributed by atoms with van der Waals surface area (Å²) in [6.07, 6.45) is 2.10. The predicted molar refractivity (Wildman–Crippen MR) is 105 cm³/mol. The fraction of sp³-hybridized carbons (Fsp3) is 0.238. The van der Waals surface area contributed by atoms with Crippen LogP contribution < -0.4 is 0 Å². The van der Waals surface area contributed by atoms with Gasteiger partial charge in [-0.3, -0.25) is 4.98 Å². The van der Waals surface area contributed by atoms with Crippen LogP contribution in [-0.2, 0) is 17.6 Å². The van der Waals surface area contributed by atoms with Crippen LogP contribution in [0.4, 0.5) is 0 Å². The van der Waals surface area contributed by atoms with Crippen molar-refractivity contribution < 1.29 is 13.9 Å². The summed E-state index contributed by atoms with van der Waals surface area (Å²) < 4.78 is 11.4. The van der Waals surface area contributed by atoms with Gasteiger partial charge in [0.2, 0.25) is 0 Å². The Bertz CT molecular complexity index is 1170. The summed E-state index contributed by atoms with van der Waals surface area (Å²) in [5.41, 5.74) is 3.43. The molecule has 0 saturated heterocycles. The number of para-hydroxylation sites is 1. The van der Waals surface area contributed by atoms with Gasteiger partial charge in [-0.2, -0.15) is 0 Å². The van der Waals surface area contributed by atoms with E-state index in [1.165, 1.54) is 11.3 Å². The van der Waals surface area contributed by atoms with Gasteiger partial charge in [0.05, 0.1) is 16.0 Å². The van der Waals surface area contributed by atoms with Crippen molar-refractivity contribution in [2.24, 2.45) is 0 Å². The Labute approximate surface area is 165 Å². The molecular formula is C21H17N3O3S. The molecule has 0 radical (unpaired) electrons. The molecule has 0 amide bonds. The van der Waals surface area contributed by atoms with E-state index in [1.807, 2.05) is 41.8 Å². The van der Waals surface area contributed by atoms with E-state index < -0.39 is 6.10 Å². The topological polar surface area (TPSA) is 78.1 Å². The molecule has 0 bridgehead atoms. The van der Waals surface area contributed by atoms with Crippen LogP contribution in [0.15, 0.2) is 46.2 Å². The van der Waals surface area contributed by atoms with Gasteiger partial charge in [-0.15, -0.1) is 21.5 Å². The highest BCUT2D eigenvalue weighted by molar-refractivity contribution is 7.13. The van der Waals surface area contributed by atoms with Crippen molar-refractivity contribution in [3.8, 4) is 10.8 Å². The van der Waals surface area contributed by atoms with Crippen LogP contribution in [0.3, 0.4) is 0 Å². The van der Waals surface area contributed by atoms with E-state index in [9.17, 15) is 4.79 Å². The fourth-order valence-corrected chi connectivity index (χ4v) is 4.26. The third-order valence-electron chi connectivity index (χ3n) is 4.93. The molecule has 1 aliphatic carbocycles. The molecule has 6 nitrogen and oxygen atoms in total. The molecule has 1 unspecified atom stereocenters. The molecule has 1 atom stereocenters. The minimum atomic E-state index is -0.641. The van der Waals surface area contributed by atoms with Crippen LogP contribution in [0.2, 0.25) is 0 Å². The number of carbonyl (C=O) groups excluding carboxylic acids is 1. The number of hydrogen-bond donors (Lipinski definition) is 0. The first-order valence-corrected chi connectivity index (χ1v) is 10.1. The normalized spacial score (nSPS) is 14.2. The van der Waals surface area contributed by atoms with Crippen molar-refractivity contribution in [2.75, 3.05) is 0 Å². The van der Waals surface area contributed by atoms with E-state index in [0.29, 0.717) is 11.5 Å². The fourth-order valence-electron chi connectivity index (χ4n) is 3.61. The summed E-state index contributed by atoms with van der Waals surface area (Å²) in [5, 5.41) is 10.9. The number of aromatic nitrogens is 3. The SMILES string of the molecule is CC(OC(=O)c1c2c(nc3ccccc13)CCC2)c1nnc(-c2cccs2)o1. The van der Waals surface area contributed by atoms with E-state index >= 15 is 0 Å². The van der Waals surface area contributed by atoms with Crippen molar-refractivity contribution in [3.05, 3.63) is 64.5 Å².